The largest absolute Gasteiger partial charge is 0.329 e. The Hall–Kier alpha value is -1.34. The summed E-state index contributed by atoms with van der Waals surface area (Å²) in [5, 5.41) is 0. The molecule has 72 valence electrons. The van der Waals surface area contributed by atoms with E-state index in [-0.39, 0.29) is 5.41 Å². The third-order valence-electron chi connectivity index (χ3n) is 2.85. The summed E-state index contributed by atoms with van der Waals surface area (Å²) < 4.78 is 0. The molecule has 1 aliphatic carbocycles. The summed E-state index contributed by atoms with van der Waals surface area (Å²) in [6.07, 6.45) is 8.45. The quantitative estimate of drug-likeness (QED) is 0.714. The molecule has 1 heteroatoms. The van der Waals surface area contributed by atoms with Crippen molar-refractivity contribution >= 4 is 6.08 Å². The second-order valence-corrected chi connectivity index (χ2v) is 3.93. The summed E-state index contributed by atoms with van der Waals surface area (Å²) in [4.78, 5) is 0. The highest BCUT2D eigenvalue weighted by Gasteiger charge is 2.24. The van der Waals surface area contributed by atoms with Crippen LogP contribution in [-0.4, -0.2) is 6.54 Å². The minimum Gasteiger partial charge on any atom is -0.329 e. The molecule has 0 aromatic heterocycles. The smallest absolute Gasteiger partial charge is 0.0235 e. The Balaban J connectivity index is 2.61. The number of rotatable bonds is 1. The van der Waals surface area contributed by atoms with Gasteiger partial charge in [0.1, 0.15) is 0 Å². The van der Waals surface area contributed by atoms with Gasteiger partial charge >= 0.3 is 0 Å². The van der Waals surface area contributed by atoms with E-state index >= 15 is 0 Å². The summed E-state index contributed by atoms with van der Waals surface area (Å²) in [5.41, 5.74) is 8.40. The van der Waals surface area contributed by atoms with Crippen molar-refractivity contribution in [2.24, 2.45) is 5.73 Å². The first kappa shape index (κ1) is 9.22. The molecule has 1 aromatic rings. The molecule has 1 unspecified atom stereocenters. The molecule has 1 nitrogen and oxygen atoms in total. The monoisotopic (exact) mass is 185 g/mol. The van der Waals surface area contributed by atoms with E-state index in [1.54, 1.807) is 0 Å². The van der Waals surface area contributed by atoms with Gasteiger partial charge < -0.3 is 5.73 Å². The van der Waals surface area contributed by atoms with Gasteiger partial charge in [0.05, 0.1) is 0 Å². The van der Waals surface area contributed by atoms with Gasteiger partial charge in [-0.1, -0.05) is 55.5 Å². The number of hydrogen-bond donors (Lipinski definition) is 1. The van der Waals surface area contributed by atoms with Crippen LogP contribution in [0.25, 0.3) is 6.08 Å². The number of nitrogens with two attached hydrogens (primary N) is 1. The van der Waals surface area contributed by atoms with Crippen LogP contribution < -0.4 is 5.73 Å². The standard InChI is InChI=1S/C13H15N/c1-13(10-14)9-5-4-7-11-6-2-3-8-12(11)13/h2-9H,10,14H2,1H3. The van der Waals surface area contributed by atoms with E-state index in [0.29, 0.717) is 6.54 Å². The molecule has 0 radical (unpaired) electrons. The first-order chi connectivity index (χ1) is 6.76. The molecular formula is C13H15N. The van der Waals surface area contributed by atoms with Crippen LogP contribution in [0.4, 0.5) is 0 Å². The zero-order valence-electron chi connectivity index (χ0n) is 8.40. The van der Waals surface area contributed by atoms with Crippen LogP contribution in [0.5, 0.6) is 0 Å². The number of hydrogen-bond acceptors (Lipinski definition) is 1. The van der Waals surface area contributed by atoms with Crippen LogP contribution >= 0.6 is 0 Å². The molecule has 1 aromatic carbocycles. The van der Waals surface area contributed by atoms with Gasteiger partial charge in [-0.2, -0.15) is 0 Å². The molecule has 0 amide bonds. The molecule has 2 N–H and O–H groups in total. The summed E-state index contributed by atoms with van der Waals surface area (Å²) in [6.45, 7) is 2.82. The maximum absolute atomic E-state index is 5.84. The second-order valence-electron chi connectivity index (χ2n) is 3.93. The Morgan fingerprint density at radius 2 is 2.00 bits per heavy atom. The Morgan fingerprint density at radius 3 is 2.79 bits per heavy atom. The molecule has 0 fully saturated rings. The van der Waals surface area contributed by atoms with Gasteiger partial charge in [0, 0.05) is 12.0 Å². The van der Waals surface area contributed by atoms with Gasteiger partial charge in [-0.25, -0.2) is 0 Å². The third kappa shape index (κ3) is 1.40. The lowest BCUT2D eigenvalue weighted by Crippen LogP contribution is -2.30. The van der Waals surface area contributed by atoms with Crippen LogP contribution in [0.15, 0.2) is 42.5 Å². The van der Waals surface area contributed by atoms with Crippen LogP contribution in [0.1, 0.15) is 18.1 Å². The number of benzene rings is 1. The van der Waals surface area contributed by atoms with Crippen molar-refractivity contribution in [2.75, 3.05) is 6.54 Å². The van der Waals surface area contributed by atoms with Crippen molar-refractivity contribution < 1.29 is 0 Å². The average Bonchev–Trinajstić information content (AvgIpc) is 2.40. The fraction of sp³-hybridized carbons (Fsp3) is 0.231. The van der Waals surface area contributed by atoms with Crippen molar-refractivity contribution in [3.63, 3.8) is 0 Å². The van der Waals surface area contributed by atoms with Gasteiger partial charge in [0.25, 0.3) is 0 Å². The van der Waals surface area contributed by atoms with Gasteiger partial charge in [-0.05, 0) is 11.1 Å². The van der Waals surface area contributed by atoms with E-state index in [0.717, 1.165) is 0 Å². The molecule has 2 rings (SSSR count). The van der Waals surface area contributed by atoms with E-state index < -0.39 is 0 Å². The van der Waals surface area contributed by atoms with E-state index in [9.17, 15) is 0 Å². The normalized spacial score (nSPS) is 24.4. The van der Waals surface area contributed by atoms with Crippen LogP contribution in [0, 0.1) is 0 Å². The Morgan fingerprint density at radius 1 is 1.21 bits per heavy atom. The predicted molar refractivity (Wildman–Crippen MR) is 61.0 cm³/mol. The summed E-state index contributed by atoms with van der Waals surface area (Å²) in [6, 6.07) is 8.42. The van der Waals surface area contributed by atoms with Gasteiger partial charge in [-0.3, -0.25) is 0 Å². The van der Waals surface area contributed by atoms with E-state index in [2.05, 4.69) is 55.5 Å². The maximum atomic E-state index is 5.84. The topological polar surface area (TPSA) is 26.0 Å². The minimum absolute atomic E-state index is 0.0277. The van der Waals surface area contributed by atoms with Gasteiger partial charge in [0.2, 0.25) is 0 Å². The SMILES string of the molecule is CC1(CN)C=CC=Cc2ccccc21. The predicted octanol–water partition coefficient (Wildman–Crippen LogP) is 2.49. The van der Waals surface area contributed by atoms with Crippen molar-refractivity contribution in [2.45, 2.75) is 12.3 Å². The highest BCUT2D eigenvalue weighted by Crippen LogP contribution is 2.30. The first-order valence-electron chi connectivity index (χ1n) is 4.92. The summed E-state index contributed by atoms with van der Waals surface area (Å²) in [5.74, 6) is 0. The summed E-state index contributed by atoms with van der Waals surface area (Å²) >= 11 is 0. The lowest BCUT2D eigenvalue weighted by atomic mass is 9.80. The third-order valence-corrected chi connectivity index (χ3v) is 2.85. The van der Waals surface area contributed by atoms with Gasteiger partial charge in [-0.15, -0.1) is 0 Å². The Kier molecular flexibility index (Phi) is 2.26. The van der Waals surface area contributed by atoms with Crippen molar-refractivity contribution in [1.29, 1.82) is 0 Å². The second kappa shape index (κ2) is 3.43. The molecule has 0 bridgehead atoms. The van der Waals surface area contributed by atoms with E-state index in [1.165, 1.54) is 11.1 Å². The molecule has 1 atom stereocenters. The van der Waals surface area contributed by atoms with Crippen LogP contribution in [0.2, 0.25) is 0 Å². The fourth-order valence-corrected chi connectivity index (χ4v) is 1.86. The number of fused-ring (bicyclic) bond motifs is 1. The van der Waals surface area contributed by atoms with E-state index in [1.807, 2.05) is 0 Å². The van der Waals surface area contributed by atoms with Gasteiger partial charge in [0.15, 0.2) is 0 Å². The molecule has 0 saturated carbocycles. The highest BCUT2D eigenvalue weighted by molar-refractivity contribution is 5.60. The molecule has 0 aliphatic heterocycles. The maximum Gasteiger partial charge on any atom is 0.0235 e. The summed E-state index contributed by atoms with van der Waals surface area (Å²) in [7, 11) is 0. The molecule has 0 saturated heterocycles. The van der Waals surface area contributed by atoms with Crippen molar-refractivity contribution in [1.82, 2.24) is 0 Å². The zero-order chi connectivity index (χ0) is 10.0. The number of allylic oxidation sites excluding steroid dienone is 2. The fourth-order valence-electron chi connectivity index (χ4n) is 1.86. The van der Waals surface area contributed by atoms with Crippen molar-refractivity contribution in [3.05, 3.63) is 53.6 Å². The van der Waals surface area contributed by atoms with Crippen molar-refractivity contribution in [3.8, 4) is 0 Å². The minimum atomic E-state index is -0.0277. The lowest BCUT2D eigenvalue weighted by molar-refractivity contribution is 0.608. The lowest BCUT2D eigenvalue weighted by Gasteiger charge is -2.25. The molecular weight excluding hydrogens is 170 g/mol. The van der Waals surface area contributed by atoms with Crippen LogP contribution in [-0.2, 0) is 5.41 Å². The highest BCUT2D eigenvalue weighted by atomic mass is 14.6. The zero-order valence-corrected chi connectivity index (χ0v) is 8.40. The molecule has 0 spiro atoms. The molecule has 0 heterocycles. The Bertz CT molecular complexity index is 390. The average molecular weight is 185 g/mol. The first-order valence-corrected chi connectivity index (χ1v) is 4.92. The molecule has 14 heavy (non-hydrogen) atoms. The van der Waals surface area contributed by atoms with Crippen LogP contribution in [0.3, 0.4) is 0 Å². The Labute approximate surface area is 84.9 Å². The van der Waals surface area contributed by atoms with E-state index in [4.69, 9.17) is 5.73 Å². The molecule has 1 aliphatic rings.